The summed E-state index contributed by atoms with van der Waals surface area (Å²) in [4.78, 5) is 12.3. The number of hydrogen-bond acceptors (Lipinski definition) is 3. The van der Waals surface area contributed by atoms with E-state index < -0.39 is 5.97 Å². The van der Waals surface area contributed by atoms with Crippen LogP contribution < -0.4 is 0 Å². The highest BCUT2D eigenvalue weighted by molar-refractivity contribution is 6.31. The Bertz CT molecular complexity index is 790. The molecule has 0 fully saturated rings. The summed E-state index contributed by atoms with van der Waals surface area (Å²) in [5.74, 6) is 0.101. The van der Waals surface area contributed by atoms with Crippen molar-refractivity contribution in [3.8, 4) is 11.3 Å². The first-order valence-corrected chi connectivity index (χ1v) is 7.03. The average molecular weight is 301 g/mol. The van der Waals surface area contributed by atoms with Crippen LogP contribution in [-0.2, 0) is 4.74 Å². The Morgan fingerprint density at radius 2 is 1.95 bits per heavy atom. The number of hydrogen-bond donors (Lipinski definition) is 0. The first-order valence-electron chi connectivity index (χ1n) is 6.65. The zero-order valence-electron chi connectivity index (χ0n) is 11.4. The molecular weight excluding hydrogens is 288 g/mol. The van der Waals surface area contributed by atoms with E-state index in [2.05, 4.69) is 0 Å². The molecule has 0 amide bonds. The Kier molecular flexibility index (Phi) is 3.67. The normalized spacial score (nSPS) is 10.8. The maximum atomic E-state index is 12.3. The molecule has 4 heteroatoms. The van der Waals surface area contributed by atoms with Crippen molar-refractivity contribution in [2.75, 3.05) is 6.61 Å². The number of rotatable bonds is 3. The van der Waals surface area contributed by atoms with Crippen LogP contribution in [0.15, 0.2) is 52.9 Å². The Balaban J connectivity index is 2.28. The first kappa shape index (κ1) is 13.7. The summed E-state index contributed by atoms with van der Waals surface area (Å²) in [6.45, 7) is 2.08. The number of furan rings is 1. The van der Waals surface area contributed by atoms with Crippen molar-refractivity contribution < 1.29 is 13.9 Å². The number of carbonyl (C=O) groups is 1. The summed E-state index contributed by atoms with van der Waals surface area (Å²) in [7, 11) is 0. The second kappa shape index (κ2) is 5.62. The zero-order chi connectivity index (χ0) is 14.8. The molecule has 106 valence electrons. The topological polar surface area (TPSA) is 39.4 Å². The molecule has 0 radical (unpaired) electrons. The van der Waals surface area contributed by atoms with Crippen LogP contribution in [0.1, 0.15) is 17.3 Å². The lowest BCUT2D eigenvalue weighted by Gasteiger charge is -2.03. The average Bonchev–Trinajstić information content (AvgIpc) is 2.87. The van der Waals surface area contributed by atoms with E-state index >= 15 is 0 Å². The third kappa shape index (κ3) is 2.52. The largest absolute Gasteiger partial charge is 0.462 e. The van der Waals surface area contributed by atoms with Crippen molar-refractivity contribution in [2.45, 2.75) is 6.92 Å². The molecule has 0 saturated heterocycles. The Morgan fingerprint density at radius 3 is 2.67 bits per heavy atom. The third-order valence-corrected chi connectivity index (χ3v) is 3.40. The van der Waals surface area contributed by atoms with Gasteiger partial charge in [-0.1, -0.05) is 41.9 Å². The van der Waals surface area contributed by atoms with Gasteiger partial charge in [0.05, 0.1) is 6.61 Å². The summed E-state index contributed by atoms with van der Waals surface area (Å²) in [5.41, 5.74) is 1.86. The molecule has 2 aromatic carbocycles. The van der Waals surface area contributed by atoms with Gasteiger partial charge in [-0.25, -0.2) is 4.79 Å². The number of benzene rings is 2. The number of halogens is 1. The van der Waals surface area contributed by atoms with Crippen LogP contribution >= 0.6 is 11.6 Å². The van der Waals surface area contributed by atoms with Gasteiger partial charge in [0.15, 0.2) is 0 Å². The fourth-order valence-corrected chi connectivity index (χ4v) is 2.44. The molecule has 0 aliphatic heterocycles. The van der Waals surface area contributed by atoms with Crippen LogP contribution in [0.5, 0.6) is 0 Å². The SMILES string of the molecule is CCOC(=O)c1c(-c2ccccc2)oc2ccc(Cl)cc12. The molecule has 0 unspecified atom stereocenters. The van der Waals surface area contributed by atoms with Crippen LogP contribution in [0.2, 0.25) is 5.02 Å². The van der Waals surface area contributed by atoms with E-state index in [0.717, 1.165) is 5.56 Å². The number of esters is 1. The molecule has 21 heavy (non-hydrogen) atoms. The summed E-state index contributed by atoms with van der Waals surface area (Å²) in [6, 6.07) is 14.7. The van der Waals surface area contributed by atoms with Gasteiger partial charge >= 0.3 is 5.97 Å². The van der Waals surface area contributed by atoms with Crippen molar-refractivity contribution >= 4 is 28.5 Å². The Hall–Kier alpha value is -2.26. The second-order valence-corrected chi connectivity index (χ2v) is 4.97. The lowest BCUT2D eigenvalue weighted by Crippen LogP contribution is -2.05. The van der Waals surface area contributed by atoms with E-state index in [9.17, 15) is 4.79 Å². The van der Waals surface area contributed by atoms with E-state index in [1.165, 1.54) is 0 Å². The minimum atomic E-state index is -0.405. The molecule has 0 aliphatic carbocycles. The van der Waals surface area contributed by atoms with E-state index in [0.29, 0.717) is 33.9 Å². The lowest BCUT2D eigenvalue weighted by molar-refractivity contribution is 0.0529. The van der Waals surface area contributed by atoms with Crippen LogP contribution in [0, 0.1) is 0 Å². The van der Waals surface area contributed by atoms with Crippen LogP contribution in [-0.4, -0.2) is 12.6 Å². The van der Waals surface area contributed by atoms with Crippen molar-refractivity contribution in [1.29, 1.82) is 0 Å². The maximum absolute atomic E-state index is 12.3. The molecule has 0 N–H and O–H groups in total. The maximum Gasteiger partial charge on any atom is 0.342 e. The molecule has 0 atom stereocenters. The molecule has 1 aromatic heterocycles. The van der Waals surface area contributed by atoms with E-state index in [1.807, 2.05) is 30.3 Å². The van der Waals surface area contributed by atoms with Crippen molar-refractivity contribution in [3.05, 3.63) is 59.1 Å². The highest BCUT2D eigenvalue weighted by atomic mass is 35.5. The van der Waals surface area contributed by atoms with Gasteiger partial charge in [0, 0.05) is 16.0 Å². The smallest absolute Gasteiger partial charge is 0.342 e. The molecule has 0 saturated carbocycles. The first-order chi connectivity index (χ1) is 10.2. The summed E-state index contributed by atoms with van der Waals surface area (Å²) in [5, 5.41) is 1.22. The fraction of sp³-hybridized carbons (Fsp3) is 0.118. The number of carbonyl (C=O) groups excluding carboxylic acids is 1. The quantitative estimate of drug-likeness (QED) is 0.644. The van der Waals surface area contributed by atoms with E-state index in [4.69, 9.17) is 20.8 Å². The minimum Gasteiger partial charge on any atom is -0.462 e. The van der Waals surface area contributed by atoms with Crippen LogP contribution in [0.3, 0.4) is 0 Å². The standard InChI is InChI=1S/C17H13ClO3/c1-2-20-17(19)15-13-10-12(18)8-9-14(13)21-16(15)11-6-4-3-5-7-11/h3-10H,2H2,1H3. The highest BCUT2D eigenvalue weighted by Crippen LogP contribution is 2.35. The van der Waals surface area contributed by atoms with Crippen LogP contribution in [0.4, 0.5) is 0 Å². The molecule has 3 nitrogen and oxygen atoms in total. The van der Waals surface area contributed by atoms with Gasteiger partial charge < -0.3 is 9.15 Å². The zero-order valence-corrected chi connectivity index (χ0v) is 12.2. The van der Waals surface area contributed by atoms with Gasteiger partial charge in [0.1, 0.15) is 16.9 Å². The predicted octanol–water partition coefficient (Wildman–Crippen LogP) is 4.93. The summed E-state index contributed by atoms with van der Waals surface area (Å²) in [6.07, 6.45) is 0. The molecule has 3 rings (SSSR count). The number of fused-ring (bicyclic) bond motifs is 1. The second-order valence-electron chi connectivity index (χ2n) is 4.53. The van der Waals surface area contributed by atoms with Crippen LogP contribution in [0.25, 0.3) is 22.3 Å². The van der Waals surface area contributed by atoms with Crippen molar-refractivity contribution in [2.24, 2.45) is 0 Å². The van der Waals surface area contributed by atoms with Gasteiger partial charge in [-0.05, 0) is 25.1 Å². The Labute approximate surface area is 127 Å². The van der Waals surface area contributed by atoms with Gasteiger partial charge in [-0.2, -0.15) is 0 Å². The molecule has 0 spiro atoms. The van der Waals surface area contributed by atoms with E-state index in [1.54, 1.807) is 25.1 Å². The summed E-state index contributed by atoms with van der Waals surface area (Å²) >= 11 is 6.03. The van der Waals surface area contributed by atoms with E-state index in [-0.39, 0.29) is 0 Å². The summed E-state index contributed by atoms with van der Waals surface area (Å²) < 4.78 is 11.0. The van der Waals surface area contributed by atoms with Crippen molar-refractivity contribution in [1.82, 2.24) is 0 Å². The van der Waals surface area contributed by atoms with Gasteiger partial charge in [0.2, 0.25) is 0 Å². The lowest BCUT2D eigenvalue weighted by atomic mass is 10.1. The Morgan fingerprint density at radius 1 is 1.19 bits per heavy atom. The fourth-order valence-electron chi connectivity index (χ4n) is 2.27. The monoisotopic (exact) mass is 300 g/mol. The highest BCUT2D eigenvalue weighted by Gasteiger charge is 2.23. The van der Waals surface area contributed by atoms with Crippen molar-refractivity contribution in [3.63, 3.8) is 0 Å². The molecule has 0 bridgehead atoms. The van der Waals surface area contributed by atoms with Gasteiger partial charge in [0.25, 0.3) is 0 Å². The van der Waals surface area contributed by atoms with Gasteiger partial charge in [-0.3, -0.25) is 0 Å². The molecule has 0 aliphatic rings. The molecule has 1 heterocycles. The predicted molar refractivity (Wildman–Crippen MR) is 82.6 cm³/mol. The molecule has 3 aromatic rings. The third-order valence-electron chi connectivity index (χ3n) is 3.17. The van der Waals surface area contributed by atoms with Gasteiger partial charge in [-0.15, -0.1) is 0 Å². The molecular formula is C17H13ClO3. The minimum absolute atomic E-state index is 0.306. The number of ether oxygens (including phenoxy) is 1.